The molecule has 1 fully saturated rings. The Kier molecular flexibility index (Phi) is 5.90. The number of nitrogens with zero attached hydrogens (tertiary/aromatic N) is 4. The number of aromatic nitrogens is 3. The standard InChI is InChI=1S/C27H27FN4O/c1-19-25(32-13-3-2-9-26(32)30-19)16-27(33)31-12-5-7-22(18-31)24-11-10-21(17-29-24)14-20-6-4-8-23(28)15-20/h2-4,6,8-11,13,15,17,22H,5,7,12,14,16,18H2,1H3/t22-/m0/s1. The molecule has 1 aliphatic rings. The number of rotatable bonds is 5. The van der Waals surface area contributed by atoms with E-state index in [1.807, 2.05) is 52.9 Å². The van der Waals surface area contributed by atoms with Crippen molar-refractivity contribution in [3.05, 3.63) is 101 Å². The van der Waals surface area contributed by atoms with Gasteiger partial charge in [-0.25, -0.2) is 9.37 Å². The van der Waals surface area contributed by atoms with Gasteiger partial charge in [0.15, 0.2) is 0 Å². The first-order valence-electron chi connectivity index (χ1n) is 11.5. The fourth-order valence-electron chi connectivity index (χ4n) is 4.74. The van der Waals surface area contributed by atoms with Crippen molar-refractivity contribution >= 4 is 11.6 Å². The average molecular weight is 443 g/mol. The second kappa shape index (κ2) is 9.14. The molecule has 5 rings (SSSR count). The van der Waals surface area contributed by atoms with Crippen LogP contribution in [0.5, 0.6) is 0 Å². The maximum atomic E-state index is 13.4. The third-order valence-corrected chi connectivity index (χ3v) is 6.48. The van der Waals surface area contributed by atoms with Gasteiger partial charge < -0.3 is 9.30 Å². The van der Waals surface area contributed by atoms with E-state index in [9.17, 15) is 9.18 Å². The Morgan fingerprint density at radius 1 is 1.12 bits per heavy atom. The van der Waals surface area contributed by atoms with E-state index in [4.69, 9.17) is 4.98 Å². The van der Waals surface area contributed by atoms with Crippen molar-refractivity contribution in [3.8, 4) is 0 Å². The van der Waals surface area contributed by atoms with Crippen molar-refractivity contribution in [2.75, 3.05) is 13.1 Å². The van der Waals surface area contributed by atoms with Gasteiger partial charge in [-0.3, -0.25) is 9.78 Å². The van der Waals surface area contributed by atoms with Crippen LogP contribution in [0, 0.1) is 12.7 Å². The summed E-state index contributed by atoms with van der Waals surface area (Å²) >= 11 is 0. The van der Waals surface area contributed by atoms with Crippen LogP contribution >= 0.6 is 0 Å². The van der Waals surface area contributed by atoms with Crippen LogP contribution < -0.4 is 0 Å². The molecule has 0 N–H and O–H groups in total. The van der Waals surface area contributed by atoms with E-state index in [-0.39, 0.29) is 17.6 Å². The predicted molar refractivity (Wildman–Crippen MR) is 126 cm³/mol. The minimum absolute atomic E-state index is 0.135. The third-order valence-electron chi connectivity index (χ3n) is 6.48. The van der Waals surface area contributed by atoms with E-state index in [2.05, 4.69) is 17.1 Å². The van der Waals surface area contributed by atoms with Crippen LogP contribution in [0.3, 0.4) is 0 Å². The monoisotopic (exact) mass is 442 g/mol. The Morgan fingerprint density at radius 2 is 2.03 bits per heavy atom. The second-order valence-corrected chi connectivity index (χ2v) is 8.83. The lowest BCUT2D eigenvalue weighted by molar-refractivity contribution is -0.131. The maximum absolute atomic E-state index is 13.4. The third kappa shape index (κ3) is 4.65. The molecule has 0 bridgehead atoms. The molecule has 0 aliphatic carbocycles. The molecule has 33 heavy (non-hydrogen) atoms. The van der Waals surface area contributed by atoms with Crippen molar-refractivity contribution in [1.29, 1.82) is 0 Å². The van der Waals surface area contributed by atoms with Gasteiger partial charge in [-0.1, -0.05) is 24.3 Å². The van der Waals surface area contributed by atoms with Gasteiger partial charge in [0.2, 0.25) is 5.91 Å². The van der Waals surface area contributed by atoms with Gasteiger partial charge in [-0.15, -0.1) is 0 Å². The Labute approximate surface area is 192 Å². The number of imidazole rings is 1. The molecule has 1 atom stereocenters. The molecule has 0 saturated carbocycles. The summed E-state index contributed by atoms with van der Waals surface area (Å²) in [5, 5.41) is 0. The van der Waals surface area contributed by atoms with Gasteiger partial charge in [0.25, 0.3) is 0 Å². The Hall–Kier alpha value is -3.54. The quantitative estimate of drug-likeness (QED) is 0.450. The number of amides is 1. The van der Waals surface area contributed by atoms with Crippen LogP contribution in [0.2, 0.25) is 0 Å². The van der Waals surface area contributed by atoms with Gasteiger partial charge >= 0.3 is 0 Å². The Morgan fingerprint density at radius 3 is 2.85 bits per heavy atom. The number of halogens is 1. The summed E-state index contributed by atoms with van der Waals surface area (Å²) in [6.45, 7) is 3.43. The fourth-order valence-corrected chi connectivity index (χ4v) is 4.74. The van der Waals surface area contributed by atoms with Crippen LogP contribution in [-0.2, 0) is 17.6 Å². The van der Waals surface area contributed by atoms with Crippen molar-refractivity contribution in [2.45, 2.75) is 38.5 Å². The Bertz CT molecular complexity index is 1280. The molecular formula is C27H27FN4O. The number of aryl methyl sites for hydroxylation is 1. The number of hydrogen-bond donors (Lipinski definition) is 0. The van der Waals surface area contributed by atoms with Crippen LogP contribution in [0.15, 0.2) is 67.0 Å². The van der Waals surface area contributed by atoms with Crippen molar-refractivity contribution in [2.24, 2.45) is 0 Å². The molecule has 1 amide bonds. The van der Waals surface area contributed by atoms with Gasteiger partial charge in [0.05, 0.1) is 17.8 Å². The second-order valence-electron chi connectivity index (χ2n) is 8.83. The van der Waals surface area contributed by atoms with E-state index in [0.29, 0.717) is 19.4 Å². The highest BCUT2D eigenvalue weighted by Crippen LogP contribution is 2.27. The van der Waals surface area contributed by atoms with E-state index >= 15 is 0 Å². The van der Waals surface area contributed by atoms with E-state index in [1.165, 1.54) is 6.07 Å². The first-order valence-corrected chi connectivity index (χ1v) is 11.5. The topological polar surface area (TPSA) is 50.5 Å². The largest absolute Gasteiger partial charge is 0.342 e. The minimum atomic E-state index is -0.219. The molecule has 3 aromatic heterocycles. The SMILES string of the molecule is Cc1nc2ccccn2c1CC(=O)N1CCC[C@H](c2ccc(Cc3cccc(F)c3)cn2)C1. The first kappa shape index (κ1) is 21.3. The molecule has 1 saturated heterocycles. The highest BCUT2D eigenvalue weighted by Gasteiger charge is 2.26. The summed E-state index contributed by atoms with van der Waals surface area (Å²) < 4.78 is 15.5. The normalized spacial score (nSPS) is 16.3. The van der Waals surface area contributed by atoms with Crippen molar-refractivity contribution in [3.63, 3.8) is 0 Å². The molecular weight excluding hydrogens is 415 g/mol. The molecule has 0 radical (unpaired) electrons. The summed E-state index contributed by atoms with van der Waals surface area (Å²) in [5.41, 5.74) is 5.73. The molecule has 1 aliphatic heterocycles. The predicted octanol–water partition coefficient (Wildman–Crippen LogP) is 4.72. The molecule has 168 valence electrons. The molecule has 4 aromatic rings. The number of carbonyl (C=O) groups is 1. The number of pyridine rings is 2. The first-order chi connectivity index (χ1) is 16.1. The summed E-state index contributed by atoms with van der Waals surface area (Å²) in [4.78, 5) is 24.4. The number of fused-ring (bicyclic) bond motifs is 1. The van der Waals surface area contributed by atoms with Crippen LogP contribution in [-0.4, -0.2) is 38.3 Å². The zero-order valence-corrected chi connectivity index (χ0v) is 18.7. The number of benzene rings is 1. The van der Waals surface area contributed by atoms with Gasteiger partial charge in [-0.05, 0) is 67.6 Å². The fraction of sp³-hybridized carbons (Fsp3) is 0.296. The number of piperidine rings is 1. The summed E-state index contributed by atoms with van der Waals surface area (Å²) in [7, 11) is 0. The number of carbonyl (C=O) groups excluding carboxylic acids is 1. The highest BCUT2D eigenvalue weighted by atomic mass is 19.1. The molecule has 0 unspecified atom stereocenters. The molecule has 4 heterocycles. The molecule has 5 nitrogen and oxygen atoms in total. The molecule has 6 heteroatoms. The zero-order chi connectivity index (χ0) is 22.8. The summed E-state index contributed by atoms with van der Waals surface area (Å²) in [6, 6.07) is 16.7. The van der Waals surface area contributed by atoms with E-state index < -0.39 is 0 Å². The maximum Gasteiger partial charge on any atom is 0.228 e. The van der Waals surface area contributed by atoms with Crippen LogP contribution in [0.1, 0.15) is 47.0 Å². The van der Waals surface area contributed by atoms with Crippen molar-refractivity contribution in [1.82, 2.24) is 19.3 Å². The molecule has 0 spiro atoms. The molecule has 1 aromatic carbocycles. The lowest BCUT2D eigenvalue weighted by atomic mass is 9.93. The minimum Gasteiger partial charge on any atom is -0.342 e. The summed E-state index contributed by atoms with van der Waals surface area (Å²) in [6.07, 6.45) is 6.83. The van der Waals surface area contributed by atoms with Crippen molar-refractivity contribution < 1.29 is 9.18 Å². The van der Waals surface area contributed by atoms with Crippen LogP contribution in [0.25, 0.3) is 5.65 Å². The smallest absolute Gasteiger partial charge is 0.228 e. The average Bonchev–Trinajstić information content (AvgIpc) is 3.14. The Balaban J connectivity index is 1.25. The van der Waals surface area contributed by atoms with Crippen LogP contribution in [0.4, 0.5) is 4.39 Å². The number of likely N-dealkylation sites (tertiary alicyclic amines) is 1. The van der Waals surface area contributed by atoms with Gasteiger partial charge in [0.1, 0.15) is 11.5 Å². The van der Waals surface area contributed by atoms with Gasteiger partial charge in [0, 0.05) is 37.1 Å². The van der Waals surface area contributed by atoms with Gasteiger partial charge in [-0.2, -0.15) is 0 Å². The zero-order valence-electron chi connectivity index (χ0n) is 18.7. The summed E-state index contributed by atoms with van der Waals surface area (Å²) in [5.74, 6) is 0.147. The number of hydrogen-bond acceptors (Lipinski definition) is 3. The van der Waals surface area contributed by atoms with E-state index in [0.717, 1.165) is 53.2 Å². The lowest BCUT2D eigenvalue weighted by Crippen LogP contribution is -2.40. The lowest BCUT2D eigenvalue weighted by Gasteiger charge is -2.32. The highest BCUT2D eigenvalue weighted by molar-refractivity contribution is 5.79. The van der Waals surface area contributed by atoms with E-state index in [1.54, 1.807) is 12.1 Å².